The first-order valence-corrected chi connectivity index (χ1v) is 9.45. The van der Waals surface area contributed by atoms with Crippen LogP contribution >= 0.6 is 0 Å². The predicted molar refractivity (Wildman–Crippen MR) is 94.1 cm³/mol. The molecular weight excluding hydrogens is 343 g/mol. The van der Waals surface area contributed by atoms with Crippen LogP contribution in [0.3, 0.4) is 0 Å². The quantitative estimate of drug-likeness (QED) is 0.821. The molecule has 0 aliphatic rings. The third-order valence-electron chi connectivity index (χ3n) is 3.81. The van der Waals surface area contributed by atoms with Gasteiger partial charge in [0, 0.05) is 25.2 Å². The zero-order valence-corrected chi connectivity index (χ0v) is 15.0. The van der Waals surface area contributed by atoms with Gasteiger partial charge in [-0.1, -0.05) is 32.0 Å². The largest absolute Gasteiger partial charge is 0.348 e. The van der Waals surface area contributed by atoms with E-state index in [1.165, 1.54) is 28.6 Å². The Balaban J connectivity index is 2.14. The molecule has 0 spiro atoms. The summed E-state index contributed by atoms with van der Waals surface area (Å²) in [5, 5.41) is 2.70. The standard InChI is InChI=1S/C18H21FN2O3S/c1-3-21(4-2)25(23,24)17-7-5-6-15(12-17)18(22)20-13-14-8-10-16(19)11-9-14/h5-12H,3-4,13H2,1-2H3,(H,20,22). The van der Waals surface area contributed by atoms with E-state index in [9.17, 15) is 17.6 Å². The SMILES string of the molecule is CCN(CC)S(=O)(=O)c1cccc(C(=O)NCc2ccc(F)cc2)c1. The molecule has 0 saturated carbocycles. The van der Waals surface area contributed by atoms with Crippen molar-refractivity contribution in [2.75, 3.05) is 13.1 Å². The third-order valence-corrected chi connectivity index (χ3v) is 5.85. The van der Waals surface area contributed by atoms with Crippen molar-refractivity contribution < 1.29 is 17.6 Å². The molecule has 0 radical (unpaired) electrons. The van der Waals surface area contributed by atoms with E-state index < -0.39 is 10.0 Å². The summed E-state index contributed by atoms with van der Waals surface area (Å²) >= 11 is 0. The molecule has 0 saturated heterocycles. The van der Waals surface area contributed by atoms with Gasteiger partial charge in [-0.15, -0.1) is 0 Å². The molecule has 5 nitrogen and oxygen atoms in total. The lowest BCUT2D eigenvalue weighted by atomic mass is 10.2. The van der Waals surface area contributed by atoms with Crippen LogP contribution in [0.2, 0.25) is 0 Å². The van der Waals surface area contributed by atoms with Gasteiger partial charge >= 0.3 is 0 Å². The number of amides is 1. The number of sulfonamides is 1. The van der Waals surface area contributed by atoms with Crippen molar-refractivity contribution in [3.63, 3.8) is 0 Å². The summed E-state index contributed by atoms with van der Waals surface area (Å²) < 4.78 is 39.3. The van der Waals surface area contributed by atoms with Crippen LogP contribution in [0.1, 0.15) is 29.8 Å². The highest BCUT2D eigenvalue weighted by Gasteiger charge is 2.22. The van der Waals surface area contributed by atoms with Gasteiger partial charge in [-0.3, -0.25) is 4.79 Å². The number of carbonyl (C=O) groups excluding carboxylic acids is 1. The minimum absolute atomic E-state index is 0.0885. The van der Waals surface area contributed by atoms with Crippen molar-refractivity contribution >= 4 is 15.9 Å². The number of nitrogens with one attached hydrogen (secondary N) is 1. The van der Waals surface area contributed by atoms with E-state index in [1.807, 2.05) is 0 Å². The Hall–Kier alpha value is -2.25. The lowest BCUT2D eigenvalue weighted by Crippen LogP contribution is -2.31. The molecule has 1 N–H and O–H groups in total. The number of rotatable bonds is 7. The minimum Gasteiger partial charge on any atom is -0.348 e. The van der Waals surface area contributed by atoms with Gasteiger partial charge in [0.2, 0.25) is 10.0 Å². The lowest BCUT2D eigenvalue weighted by Gasteiger charge is -2.18. The van der Waals surface area contributed by atoms with Gasteiger partial charge in [0.05, 0.1) is 4.90 Å². The number of benzene rings is 2. The van der Waals surface area contributed by atoms with Gasteiger partial charge < -0.3 is 5.32 Å². The Morgan fingerprint density at radius 1 is 1.08 bits per heavy atom. The number of carbonyl (C=O) groups is 1. The first-order valence-electron chi connectivity index (χ1n) is 8.01. The van der Waals surface area contributed by atoms with Crippen molar-refractivity contribution in [1.82, 2.24) is 9.62 Å². The Morgan fingerprint density at radius 2 is 1.72 bits per heavy atom. The number of hydrogen-bond donors (Lipinski definition) is 1. The summed E-state index contributed by atoms with van der Waals surface area (Å²) in [5.74, 6) is -0.731. The van der Waals surface area contributed by atoms with Crippen LogP contribution in [0, 0.1) is 5.82 Å². The van der Waals surface area contributed by atoms with Crippen molar-refractivity contribution in [2.24, 2.45) is 0 Å². The molecule has 25 heavy (non-hydrogen) atoms. The van der Waals surface area contributed by atoms with Crippen molar-refractivity contribution in [3.05, 3.63) is 65.5 Å². The van der Waals surface area contributed by atoms with Gasteiger partial charge in [-0.05, 0) is 35.9 Å². The molecule has 0 aliphatic carbocycles. The van der Waals surface area contributed by atoms with Gasteiger partial charge in [-0.25, -0.2) is 12.8 Å². The van der Waals surface area contributed by atoms with Gasteiger partial charge in [0.15, 0.2) is 0 Å². The summed E-state index contributed by atoms with van der Waals surface area (Å²) in [6.45, 7) is 4.48. The van der Waals surface area contributed by atoms with E-state index in [0.717, 1.165) is 5.56 Å². The average Bonchev–Trinajstić information content (AvgIpc) is 2.62. The monoisotopic (exact) mass is 364 g/mol. The van der Waals surface area contributed by atoms with Crippen LogP contribution < -0.4 is 5.32 Å². The molecule has 0 aromatic heterocycles. The van der Waals surface area contributed by atoms with Crippen molar-refractivity contribution in [2.45, 2.75) is 25.3 Å². The third kappa shape index (κ3) is 4.64. The Morgan fingerprint density at radius 3 is 2.32 bits per heavy atom. The summed E-state index contributed by atoms with van der Waals surface area (Å²) in [6.07, 6.45) is 0. The molecule has 0 aliphatic heterocycles. The van der Waals surface area contributed by atoms with E-state index in [1.54, 1.807) is 38.1 Å². The number of nitrogens with zero attached hydrogens (tertiary/aromatic N) is 1. The van der Waals surface area contributed by atoms with Crippen LogP contribution in [0.5, 0.6) is 0 Å². The molecule has 2 rings (SSSR count). The van der Waals surface area contributed by atoms with Crippen molar-refractivity contribution in [1.29, 1.82) is 0 Å². The molecule has 0 unspecified atom stereocenters. The fourth-order valence-corrected chi connectivity index (χ4v) is 3.90. The maximum atomic E-state index is 12.9. The topological polar surface area (TPSA) is 66.5 Å². The first kappa shape index (κ1) is 19.1. The normalized spacial score (nSPS) is 11.5. The molecule has 0 fully saturated rings. The fraction of sp³-hybridized carbons (Fsp3) is 0.278. The molecule has 134 valence electrons. The molecule has 2 aromatic carbocycles. The molecule has 0 heterocycles. The smallest absolute Gasteiger partial charge is 0.251 e. The molecule has 7 heteroatoms. The van der Waals surface area contributed by atoms with Crippen LogP contribution in [0.25, 0.3) is 0 Å². The molecular formula is C18H21FN2O3S. The second kappa shape index (κ2) is 8.22. The summed E-state index contributed by atoms with van der Waals surface area (Å²) in [5.41, 5.74) is 1.01. The fourth-order valence-electron chi connectivity index (χ4n) is 2.40. The van der Waals surface area contributed by atoms with E-state index >= 15 is 0 Å². The van der Waals surface area contributed by atoms with Crippen molar-refractivity contribution in [3.8, 4) is 0 Å². The molecule has 0 bridgehead atoms. The highest BCUT2D eigenvalue weighted by molar-refractivity contribution is 7.89. The van der Waals surface area contributed by atoms with Gasteiger partial charge in [0.25, 0.3) is 5.91 Å². The summed E-state index contributed by atoms with van der Waals surface area (Å²) in [6, 6.07) is 11.7. The molecule has 2 aromatic rings. The van der Waals surface area contributed by atoms with E-state index in [2.05, 4.69) is 5.32 Å². The Kier molecular flexibility index (Phi) is 6.27. The van der Waals surface area contributed by atoms with Crippen LogP contribution in [0.15, 0.2) is 53.4 Å². The average molecular weight is 364 g/mol. The lowest BCUT2D eigenvalue weighted by molar-refractivity contribution is 0.0950. The summed E-state index contributed by atoms with van der Waals surface area (Å²) in [4.78, 5) is 12.4. The predicted octanol–water partition coefficient (Wildman–Crippen LogP) is 2.79. The van der Waals surface area contributed by atoms with E-state index in [0.29, 0.717) is 13.1 Å². The molecule has 0 atom stereocenters. The Bertz CT molecular complexity index is 832. The maximum Gasteiger partial charge on any atom is 0.251 e. The van der Waals surface area contributed by atoms with E-state index in [4.69, 9.17) is 0 Å². The minimum atomic E-state index is -3.62. The van der Waals surface area contributed by atoms with Gasteiger partial charge in [-0.2, -0.15) is 4.31 Å². The van der Waals surface area contributed by atoms with E-state index in [-0.39, 0.29) is 28.7 Å². The highest BCUT2D eigenvalue weighted by atomic mass is 32.2. The number of hydrogen-bond acceptors (Lipinski definition) is 3. The zero-order valence-electron chi connectivity index (χ0n) is 14.2. The highest BCUT2D eigenvalue weighted by Crippen LogP contribution is 2.17. The summed E-state index contributed by atoms with van der Waals surface area (Å²) in [7, 11) is -3.62. The van der Waals surface area contributed by atoms with Gasteiger partial charge in [0.1, 0.15) is 5.82 Å². The van der Waals surface area contributed by atoms with Crippen LogP contribution in [0.4, 0.5) is 4.39 Å². The second-order valence-electron chi connectivity index (χ2n) is 5.43. The zero-order chi connectivity index (χ0) is 18.4. The Labute approximate surface area is 147 Å². The number of halogens is 1. The van der Waals surface area contributed by atoms with Crippen LogP contribution in [-0.2, 0) is 16.6 Å². The maximum absolute atomic E-state index is 12.9. The molecule has 1 amide bonds. The first-order chi connectivity index (χ1) is 11.9. The van der Waals surface area contributed by atoms with Crippen LogP contribution in [-0.4, -0.2) is 31.7 Å². The second-order valence-corrected chi connectivity index (χ2v) is 7.36.